The molecular formula is C28H37N3O3. The number of methoxy groups -OCH3 is 1. The summed E-state index contributed by atoms with van der Waals surface area (Å²) < 4.78 is 11.4. The third kappa shape index (κ3) is 6.76. The van der Waals surface area contributed by atoms with Crippen LogP contribution in [0.2, 0.25) is 0 Å². The zero-order valence-electron chi connectivity index (χ0n) is 20.6. The number of esters is 1. The van der Waals surface area contributed by atoms with E-state index in [9.17, 15) is 4.79 Å². The number of carbonyl (C=O) groups excluding carboxylic acids is 1. The summed E-state index contributed by atoms with van der Waals surface area (Å²) in [6, 6.07) is 13.8. The molecule has 3 rings (SSSR count). The molecule has 6 heteroatoms. The van der Waals surface area contributed by atoms with Crippen LogP contribution in [0.5, 0.6) is 0 Å². The van der Waals surface area contributed by atoms with Crippen molar-refractivity contribution in [3.05, 3.63) is 59.2 Å². The van der Waals surface area contributed by atoms with Crippen molar-refractivity contribution < 1.29 is 14.3 Å². The molecule has 2 aromatic rings. The maximum Gasteiger partial charge on any atom is 0.338 e. The lowest BCUT2D eigenvalue weighted by Gasteiger charge is -2.24. The third-order valence-corrected chi connectivity index (χ3v) is 6.66. The van der Waals surface area contributed by atoms with Crippen molar-refractivity contribution in [2.75, 3.05) is 14.2 Å². The predicted octanol–water partition coefficient (Wildman–Crippen LogP) is 5.71. The van der Waals surface area contributed by atoms with Gasteiger partial charge in [0.2, 0.25) is 0 Å². The van der Waals surface area contributed by atoms with Gasteiger partial charge in [-0.05, 0) is 60.1 Å². The van der Waals surface area contributed by atoms with E-state index in [-0.39, 0.29) is 12.1 Å². The second-order valence-electron chi connectivity index (χ2n) is 8.93. The van der Waals surface area contributed by atoms with Gasteiger partial charge in [0, 0.05) is 7.05 Å². The fourth-order valence-electron chi connectivity index (χ4n) is 4.77. The molecule has 0 amide bonds. The highest BCUT2D eigenvalue weighted by Crippen LogP contribution is 2.30. The van der Waals surface area contributed by atoms with Crippen molar-refractivity contribution in [2.24, 2.45) is 21.6 Å². The zero-order chi connectivity index (χ0) is 24.3. The fraction of sp³-hybridized carbons (Fsp3) is 0.464. The molecule has 0 radical (unpaired) electrons. The molecule has 1 aliphatic rings. The minimum Gasteiger partial charge on any atom is -0.465 e. The number of aliphatic imine (C=N–C) groups is 2. The van der Waals surface area contributed by atoms with E-state index in [1.54, 1.807) is 7.05 Å². The van der Waals surface area contributed by atoms with Gasteiger partial charge in [-0.3, -0.25) is 4.99 Å². The van der Waals surface area contributed by atoms with E-state index in [2.05, 4.69) is 9.98 Å². The Hall–Kier alpha value is -2.99. The van der Waals surface area contributed by atoms with Crippen LogP contribution in [-0.4, -0.2) is 38.4 Å². The van der Waals surface area contributed by atoms with Gasteiger partial charge in [0.25, 0.3) is 0 Å². The zero-order valence-corrected chi connectivity index (χ0v) is 20.6. The first-order chi connectivity index (χ1) is 16.6. The summed E-state index contributed by atoms with van der Waals surface area (Å²) in [4.78, 5) is 21.0. The molecule has 1 aliphatic carbocycles. The van der Waals surface area contributed by atoms with Crippen molar-refractivity contribution >= 4 is 18.1 Å². The Balaban J connectivity index is 1.81. The van der Waals surface area contributed by atoms with E-state index >= 15 is 0 Å². The number of amidine groups is 1. The molecule has 0 spiro atoms. The molecule has 1 unspecified atom stereocenters. The number of aryl methyl sites for hydroxylation is 1. The molecule has 34 heavy (non-hydrogen) atoms. The molecular weight excluding hydrogens is 426 g/mol. The molecule has 1 saturated carbocycles. The maximum atomic E-state index is 12.4. The topological polar surface area (TPSA) is 86.3 Å². The van der Waals surface area contributed by atoms with E-state index in [1.807, 2.05) is 49.4 Å². The van der Waals surface area contributed by atoms with E-state index in [4.69, 9.17) is 15.2 Å². The minimum atomic E-state index is -0.353. The third-order valence-electron chi connectivity index (χ3n) is 6.66. The molecule has 1 fully saturated rings. The molecule has 0 aromatic heterocycles. The Bertz CT molecular complexity index is 1010. The van der Waals surface area contributed by atoms with Crippen molar-refractivity contribution in [2.45, 2.75) is 64.6 Å². The van der Waals surface area contributed by atoms with Crippen LogP contribution in [-0.2, 0) is 16.1 Å². The number of rotatable bonds is 9. The molecule has 2 aromatic carbocycles. The summed E-state index contributed by atoms with van der Waals surface area (Å²) in [7, 11) is 3.13. The lowest BCUT2D eigenvalue weighted by Crippen LogP contribution is -2.25. The van der Waals surface area contributed by atoms with Gasteiger partial charge in [-0.25, -0.2) is 9.79 Å². The maximum absolute atomic E-state index is 12.4. The molecule has 6 nitrogen and oxygen atoms in total. The van der Waals surface area contributed by atoms with Crippen LogP contribution in [0.3, 0.4) is 0 Å². The Morgan fingerprint density at radius 2 is 1.91 bits per heavy atom. The second-order valence-corrected chi connectivity index (χ2v) is 8.93. The Kier molecular flexibility index (Phi) is 9.83. The summed E-state index contributed by atoms with van der Waals surface area (Å²) >= 11 is 0. The van der Waals surface area contributed by atoms with E-state index < -0.39 is 0 Å². The molecule has 0 bridgehead atoms. The largest absolute Gasteiger partial charge is 0.465 e. The van der Waals surface area contributed by atoms with Gasteiger partial charge in [0.05, 0.1) is 25.6 Å². The van der Waals surface area contributed by atoms with Crippen LogP contribution < -0.4 is 5.73 Å². The number of hydrogen-bond donors (Lipinski definition) is 1. The minimum absolute atomic E-state index is 0.228. The first-order valence-corrected chi connectivity index (χ1v) is 12.2. The number of hydrogen-bond acceptors (Lipinski definition) is 4. The predicted molar refractivity (Wildman–Crippen MR) is 138 cm³/mol. The fourth-order valence-corrected chi connectivity index (χ4v) is 4.77. The quantitative estimate of drug-likeness (QED) is 0.293. The van der Waals surface area contributed by atoms with E-state index in [1.165, 1.54) is 45.6 Å². The monoisotopic (exact) mass is 463 g/mol. The molecule has 2 N–H and O–H groups in total. The van der Waals surface area contributed by atoms with E-state index in [0.29, 0.717) is 18.0 Å². The Morgan fingerprint density at radius 1 is 1.15 bits per heavy atom. The van der Waals surface area contributed by atoms with Crippen molar-refractivity contribution in [3.63, 3.8) is 0 Å². The highest BCUT2D eigenvalue weighted by Gasteiger charge is 2.21. The van der Waals surface area contributed by atoms with Gasteiger partial charge in [0.15, 0.2) is 5.84 Å². The molecule has 0 heterocycles. The molecule has 1 atom stereocenters. The normalized spacial score (nSPS) is 16.0. The van der Waals surface area contributed by atoms with Gasteiger partial charge in [-0.2, -0.15) is 0 Å². The van der Waals surface area contributed by atoms with Gasteiger partial charge in [-0.15, -0.1) is 0 Å². The molecule has 0 aliphatic heterocycles. The Morgan fingerprint density at radius 3 is 2.59 bits per heavy atom. The van der Waals surface area contributed by atoms with Crippen molar-refractivity contribution in [3.8, 4) is 11.1 Å². The second kappa shape index (κ2) is 13.0. The van der Waals surface area contributed by atoms with Gasteiger partial charge in [-0.1, -0.05) is 62.4 Å². The van der Waals surface area contributed by atoms with Crippen LogP contribution in [0.25, 0.3) is 11.1 Å². The standard InChI is InChI=1S/C28H37N3O3/c1-20-9-7-8-12-23(20)25-17-22(13-15-24(25)28(32)33-3)18-34-26(27(30-2)31-19-29)16-14-21-10-5-4-6-11-21/h7-9,12-13,15,17,19,21,26H,4-6,10-11,14,16,18H2,1-3H3,(H2,29,30,31). The summed E-state index contributed by atoms with van der Waals surface area (Å²) in [6.07, 6.45) is 9.58. The summed E-state index contributed by atoms with van der Waals surface area (Å²) in [6.45, 7) is 2.42. The van der Waals surface area contributed by atoms with Crippen molar-refractivity contribution in [1.82, 2.24) is 0 Å². The number of nitrogens with zero attached hydrogens (tertiary/aromatic N) is 2. The van der Waals surface area contributed by atoms with Crippen LogP contribution in [0, 0.1) is 12.8 Å². The number of ether oxygens (including phenoxy) is 2. The van der Waals surface area contributed by atoms with Crippen LogP contribution in [0.4, 0.5) is 0 Å². The highest BCUT2D eigenvalue weighted by atomic mass is 16.5. The average Bonchev–Trinajstić information content (AvgIpc) is 2.88. The van der Waals surface area contributed by atoms with E-state index in [0.717, 1.165) is 41.0 Å². The lowest BCUT2D eigenvalue weighted by molar-refractivity contribution is 0.0600. The van der Waals surface area contributed by atoms with Crippen LogP contribution >= 0.6 is 0 Å². The van der Waals surface area contributed by atoms with Crippen LogP contribution in [0.15, 0.2) is 52.4 Å². The first kappa shape index (κ1) is 25.6. The van der Waals surface area contributed by atoms with Crippen LogP contribution in [0.1, 0.15) is 66.4 Å². The summed E-state index contributed by atoms with van der Waals surface area (Å²) in [5, 5.41) is 0. The Labute approximate surface area is 203 Å². The van der Waals surface area contributed by atoms with Gasteiger partial charge >= 0.3 is 5.97 Å². The first-order valence-electron chi connectivity index (χ1n) is 12.2. The highest BCUT2D eigenvalue weighted by molar-refractivity contribution is 5.98. The summed E-state index contributed by atoms with van der Waals surface area (Å²) in [5.41, 5.74) is 10.0. The summed E-state index contributed by atoms with van der Waals surface area (Å²) in [5.74, 6) is 1.00. The van der Waals surface area contributed by atoms with Gasteiger partial charge in [0.1, 0.15) is 6.10 Å². The SMILES string of the molecule is CN=C(N=CN)C(CCC1CCCCC1)OCc1ccc(C(=O)OC)c(-c2ccccc2C)c1. The number of benzene rings is 2. The lowest BCUT2D eigenvalue weighted by atomic mass is 9.85. The average molecular weight is 464 g/mol. The number of carbonyl (C=O) groups is 1. The number of nitrogens with two attached hydrogens (primary N) is 1. The smallest absolute Gasteiger partial charge is 0.338 e. The molecule has 182 valence electrons. The van der Waals surface area contributed by atoms with Crippen molar-refractivity contribution in [1.29, 1.82) is 0 Å². The molecule has 0 saturated heterocycles. The van der Waals surface area contributed by atoms with Gasteiger partial charge < -0.3 is 15.2 Å².